The third kappa shape index (κ3) is 14.4. The van der Waals surface area contributed by atoms with Gasteiger partial charge in [-0.3, -0.25) is 9.59 Å². The molecule has 0 radical (unpaired) electrons. The van der Waals surface area contributed by atoms with Crippen molar-refractivity contribution in [1.82, 2.24) is 10.6 Å². The van der Waals surface area contributed by atoms with Crippen LogP contribution in [-0.4, -0.2) is 136 Å². The van der Waals surface area contributed by atoms with Gasteiger partial charge < -0.3 is 71.3 Å². The molecular weight excluding hydrogens is 764 g/mol. The van der Waals surface area contributed by atoms with Gasteiger partial charge in [0, 0.05) is 12.1 Å². The van der Waals surface area contributed by atoms with E-state index in [9.17, 15) is 35.1 Å². The number of hydrogen-bond acceptors (Lipinski definition) is 14. The Morgan fingerprint density at radius 2 is 1.02 bits per heavy atom. The first kappa shape index (κ1) is 47.8. The van der Waals surface area contributed by atoms with Crippen LogP contribution in [0.15, 0.2) is 91.0 Å². The second-order valence-electron chi connectivity index (χ2n) is 15.1. The predicted octanol–water partition coefficient (Wildman–Crippen LogP) is 0.0349. The topological polar surface area (TPSA) is 258 Å². The fraction of sp³-hybridized carbons (Fsp3) is 0.535. The van der Waals surface area contributed by atoms with Gasteiger partial charge in [-0.2, -0.15) is 0 Å². The zero-order chi connectivity index (χ0) is 43.1. The van der Waals surface area contributed by atoms with E-state index in [4.69, 9.17) is 35.2 Å². The van der Waals surface area contributed by atoms with Gasteiger partial charge in [0.25, 0.3) is 0 Å². The lowest BCUT2D eigenvalue weighted by Crippen LogP contribution is -2.64. The van der Waals surface area contributed by atoms with Crippen molar-refractivity contribution in [1.29, 1.82) is 0 Å². The quantitative estimate of drug-likeness (QED) is 0.0871. The summed E-state index contributed by atoms with van der Waals surface area (Å²) >= 11 is 0. The lowest BCUT2D eigenvalue weighted by Gasteiger charge is -2.43. The molecule has 2 aliphatic heterocycles. The highest BCUT2D eigenvalue weighted by atomic mass is 16.7. The average molecular weight is 827 g/mol. The maximum absolute atomic E-state index is 12.7. The lowest BCUT2D eigenvalue weighted by atomic mass is 9.97. The summed E-state index contributed by atoms with van der Waals surface area (Å²) in [5, 5.41) is 55.3. The molecule has 0 saturated carbocycles. The number of aliphatic hydroxyl groups excluding tert-OH is 5. The summed E-state index contributed by atoms with van der Waals surface area (Å²) < 4.78 is 28.0. The van der Waals surface area contributed by atoms with Gasteiger partial charge in [0.05, 0.1) is 31.9 Å². The molecule has 2 amide bonds. The highest BCUT2D eigenvalue weighted by Gasteiger charge is 2.46. The highest BCUT2D eigenvalue weighted by molar-refractivity contribution is 5.81. The number of rotatable bonds is 17. The van der Waals surface area contributed by atoms with Gasteiger partial charge in [0.2, 0.25) is 11.8 Å². The molecule has 2 saturated heterocycles. The fourth-order valence-corrected chi connectivity index (χ4v) is 6.79. The minimum Gasteiger partial charge on any atom is -0.394 e. The first-order chi connectivity index (χ1) is 28.2. The van der Waals surface area contributed by atoms with Crippen molar-refractivity contribution in [3.05, 3.63) is 108 Å². The van der Waals surface area contributed by atoms with Crippen molar-refractivity contribution >= 4 is 11.8 Å². The van der Waals surface area contributed by atoms with E-state index in [-0.39, 0.29) is 30.5 Å². The summed E-state index contributed by atoms with van der Waals surface area (Å²) in [6, 6.07) is 27.0. The van der Waals surface area contributed by atoms with Crippen LogP contribution in [0.5, 0.6) is 0 Å². The van der Waals surface area contributed by atoms with Crippen molar-refractivity contribution in [2.75, 3.05) is 13.2 Å². The molecule has 3 aromatic rings. The molecule has 16 heteroatoms. The van der Waals surface area contributed by atoms with Crippen LogP contribution in [0.2, 0.25) is 0 Å². The van der Waals surface area contributed by atoms with E-state index >= 15 is 0 Å². The summed E-state index contributed by atoms with van der Waals surface area (Å²) in [6.45, 7) is 6.26. The first-order valence-corrected chi connectivity index (χ1v) is 19.9. The van der Waals surface area contributed by atoms with Crippen LogP contribution in [0.25, 0.3) is 0 Å². The fourth-order valence-electron chi connectivity index (χ4n) is 6.79. The molecule has 5 rings (SSSR count). The SMILES string of the molecule is C[C@@H](Cc1ccccc1)NC(=O)[C@@H](C)OC1[C@H](N)C(O)OC(CO)[C@H]1O.C[C@@H](Cc1ccccc1)NC(=O)[C@@H](C)OC1[C@H](O)C(CO)O[C@@H](OCc2ccccc2)[C@H]1N. The Hall–Kier alpha value is -3.88. The number of amides is 2. The van der Waals surface area contributed by atoms with Crippen molar-refractivity contribution in [3.63, 3.8) is 0 Å². The van der Waals surface area contributed by atoms with E-state index in [2.05, 4.69) is 10.6 Å². The molecular formula is C43H62N4O12. The minimum atomic E-state index is -1.40. The molecule has 2 heterocycles. The van der Waals surface area contributed by atoms with Crippen molar-refractivity contribution < 1.29 is 58.8 Å². The van der Waals surface area contributed by atoms with Gasteiger partial charge in [-0.1, -0.05) is 91.0 Å². The minimum absolute atomic E-state index is 0.105. The van der Waals surface area contributed by atoms with Crippen LogP contribution in [0, 0.1) is 0 Å². The van der Waals surface area contributed by atoms with E-state index in [1.807, 2.05) is 105 Å². The van der Waals surface area contributed by atoms with E-state index in [0.29, 0.717) is 12.8 Å². The second-order valence-corrected chi connectivity index (χ2v) is 15.1. The Morgan fingerprint density at radius 1 is 0.627 bits per heavy atom. The van der Waals surface area contributed by atoms with E-state index in [0.717, 1.165) is 16.7 Å². The van der Waals surface area contributed by atoms with Crippen molar-refractivity contribution in [2.45, 2.75) is 133 Å². The van der Waals surface area contributed by atoms with Gasteiger partial charge in [0.1, 0.15) is 48.8 Å². The average Bonchev–Trinajstić information content (AvgIpc) is 3.23. The van der Waals surface area contributed by atoms with Gasteiger partial charge in [0.15, 0.2) is 12.6 Å². The monoisotopic (exact) mass is 826 g/mol. The van der Waals surface area contributed by atoms with E-state index < -0.39 is 86.7 Å². The Balaban J connectivity index is 0.000000268. The largest absolute Gasteiger partial charge is 0.394 e. The molecule has 11 N–H and O–H groups in total. The third-order valence-corrected chi connectivity index (χ3v) is 10.1. The summed E-state index contributed by atoms with van der Waals surface area (Å²) in [5.41, 5.74) is 15.3. The molecule has 2 aliphatic rings. The van der Waals surface area contributed by atoms with Gasteiger partial charge in [-0.25, -0.2) is 0 Å². The Labute approximate surface area is 345 Å². The maximum atomic E-state index is 12.7. The number of carbonyl (C=O) groups excluding carboxylic acids is 2. The number of nitrogens with one attached hydrogen (secondary N) is 2. The van der Waals surface area contributed by atoms with Gasteiger partial charge >= 0.3 is 0 Å². The van der Waals surface area contributed by atoms with Gasteiger partial charge in [-0.15, -0.1) is 0 Å². The Kier molecular flexibility index (Phi) is 19.3. The number of benzene rings is 3. The van der Waals surface area contributed by atoms with E-state index in [1.165, 1.54) is 0 Å². The summed E-state index contributed by atoms with van der Waals surface area (Å²) in [5.74, 6) is -0.666. The number of ether oxygens (including phenoxy) is 5. The van der Waals surface area contributed by atoms with Crippen LogP contribution in [0.3, 0.4) is 0 Å². The van der Waals surface area contributed by atoms with Gasteiger partial charge in [-0.05, 0) is 57.2 Å². The predicted molar refractivity (Wildman–Crippen MR) is 217 cm³/mol. The molecule has 2 fully saturated rings. The zero-order valence-electron chi connectivity index (χ0n) is 34.0. The molecule has 326 valence electrons. The molecule has 0 aliphatic carbocycles. The molecule has 59 heavy (non-hydrogen) atoms. The van der Waals surface area contributed by atoms with Crippen molar-refractivity contribution in [2.24, 2.45) is 11.5 Å². The number of aliphatic hydroxyl groups is 5. The standard InChI is InChI=1S/C25H34N2O6.C18H28N2O6/c1-16(13-18-9-5-3-6-10-18)27-24(30)17(2)32-23-21(26)25(33-20(14-28)22(23)29)31-15-19-11-7-4-8-12-19;1-10(8-12-6-4-3-5-7-12)20-17(23)11(2)25-16-14(19)18(24)26-13(9-21)15(16)22/h3-12,16-17,20-23,25,28-29H,13-15,26H2,1-2H3,(H,27,30);3-7,10-11,13-16,18,21-22,24H,8-9,19H2,1-2H3,(H,20,23)/t16-,17+,20?,21-,22+,23?,25+;10-,11+,13?,14-,15+,16?,18?/m00/s1. The molecule has 0 bridgehead atoms. The zero-order valence-corrected chi connectivity index (χ0v) is 34.0. The maximum Gasteiger partial charge on any atom is 0.249 e. The van der Waals surface area contributed by atoms with Crippen LogP contribution in [0.4, 0.5) is 0 Å². The summed E-state index contributed by atoms with van der Waals surface area (Å²) in [4.78, 5) is 25.1. The van der Waals surface area contributed by atoms with Crippen LogP contribution in [-0.2, 0) is 52.7 Å². The highest BCUT2D eigenvalue weighted by Crippen LogP contribution is 2.26. The summed E-state index contributed by atoms with van der Waals surface area (Å²) in [7, 11) is 0. The number of nitrogens with two attached hydrogens (primary N) is 2. The van der Waals surface area contributed by atoms with E-state index in [1.54, 1.807) is 13.8 Å². The molecule has 14 atom stereocenters. The molecule has 5 unspecified atom stereocenters. The summed E-state index contributed by atoms with van der Waals surface area (Å²) in [6.07, 6.45) is -9.16. The molecule has 0 aromatic heterocycles. The lowest BCUT2D eigenvalue weighted by molar-refractivity contribution is -0.279. The number of hydrogen-bond donors (Lipinski definition) is 9. The third-order valence-electron chi connectivity index (χ3n) is 10.1. The first-order valence-electron chi connectivity index (χ1n) is 19.9. The molecule has 0 spiro atoms. The van der Waals surface area contributed by atoms with Crippen LogP contribution < -0.4 is 22.1 Å². The Morgan fingerprint density at radius 3 is 1.44 bits per heavy atom. The Bertz CT molecular complexity index is 1660. The number of carbonyl (C=O) groups is 2. The second kappa shape index (κ2) is 23.8. The van der Waals surface area contributed by atoms with Crippen LogP contribution >= 0.6 is 0 Å². The van der Waals surface area contributed by atoms with Crippen LogP contribution in [0.1, 0.15) is 44.4 Å². The molecule has 16 nitrogen and oxygen atoms in total. The molecule has 3 aromatic carbocycles. The normalized spacial score (nSPS) is 28.9. The van der Waals surface area contributed by atoms with Crippen molar-refractivity contribution in [3.8, 4) is 0 Å². The smallest absolute Gasteiger partial charge is 0.249 e.